The predicted octanol–water partition coefficient (Wildman–Crippen LogP) is 7.88. The van der Waals surface area contributed by atoms with Gasteiger partial charge < -0.3 is 30.1 Å². The lowest BCUT2D eigenvalue weighted by Crippen LogP contribution is -2.42. The summed E-state index contributed by atoms with van der Waals surface area (Å²) in [5, 5.41) is 34.7. The smallest absolute Gasteiger partial charge is 0.0701 e. The van der Waals surface area contributed by atoms with Crippen molar-refractivity contribution in [1.82, 2.24) is 10.2 Å². The molecule has 4 atom stereocenters. The molecule has 0 bridgehead atoms. The predicted molar refractivity (Wildman–Crippen MR) is 192 cm³/mol. The SMILES string of the molecule is CCCCCCCCCCCCC(O)CN(CCOCCOCCNCC(O)CC)CC(O)C(C)CCCCCCCCCC. The number of aliphatic hydroxyl groups is 3. The van der Waals surface area contributed by atoms with Crippen molar-refractivity contribution in [3.05, 3.63) is 0 Å². The highest BCUT2D eigenvalue weighted by atomic mass is 16.5. The van der Waals surface area contributed by atoms with E-state index in [0.717, 1.165) is 32.2 Å². The minimum atomic E-state index is -0.388. The monoisotopic (exact) mass is 645 g/mol. The lowest BCUT2D eigenvalue weighted by Gasteiger charge is -2.29. The van der Waals surface area contributed by atoms with Gasteiger partial charge in [-0.3, -0.25) is 4.90 Å². The zero-order chi connectivity index (χ0) is 33.2. The largest absolute Gasteiger partial charge is 0.392 e. The van der Waals surface area contributed by atoms with Crippen LogP contribution in [0.25, 0.3) is 0 Å². The van der Waals surface area contributed by atoms with Crippen LogP contribution in [-0.4, -0.2) is 97.7 Å². The molecule has 0 radical (unpaired) electrons. The fraction of sp³-hybridized carbons (Fsp3) is 1.00. The Kier molecular flexibility index (Phi) is 34.8. The van der Waals surface area contributed by atoms with E-state index in [9.17, 15) is 15.3 Å². The first-order chi connectivity index (χ1) is 21.9. The summed E-state index contributed by atoms with van der Waals surface area (Å²) < 4.78 is 11.5. The maximum absolute atomic E-state index is 11.1. The molecular formula is C38H80N2O5. The first kappa shape index (κ1) is 44.7. The first-order valence-electron chi connectivity index (χ1n) is 19.6. The number of nitrogens with one attached hydrogen (secondary N) is 1. The van der Waals surface area contributed by atoms with E-state index >= 15 is 0 Å². The molecule has 0 aliphatic heterocycles. The lowest BCUT2D eigenvalue weighted by atomic mass is 9.96. The van der Waals surface area contributed by atoms with E-state index in [4.69, 9.17) is 9.47 Å². The fourth-order valence-corrected chi connectivity index (χ4v) is 5.82. The molecule has 0 saturated heterocycles. The minimum Gasteiger partial charge on any atom is -0.392 e. The van der Waals surface area contributed by atoms with E-state index in [1.807, 2.05) is 6.92 Å². The molecule has 0 rings (SSSR count). The molecule has 0 fully saturated rings. The van der Waals surface area contributed by atoms with Gasteiger partial charge in [0, 0.05) is 32.7 Å². The van der Waals surface area contributed by atoms with Gasteiger partial charge in [-0.1, -0.05) is 143 Å². The Balaban J connectivity index is 4.36. The lowest BCUT2D eigenvalue weighted by molar-refractivity contribution is 0.0105. The van der Waals surface area contributed by atoms with Gasteiger partial charge in [-0.15, -0.1) is 0 Å². The van der Waals surface area contributed by atoms with Crippen LogP contribution in [0.5, 0.6) is 0 Å². The van der Waals surface area contributed by atoms with E-state index in [0.29, 0.717) is 52.6 Å². The maximum atomic E-state index is 11.1. The molecule has 0 saturated carbocycles. The zero-order valence-corrected chi connectivity index (χ0v) is 30.6. The molecule has 0 heterocycles. The Morgan fingerprint density at radius 1 is 0.556 bits per heavy atom. The summed E-state index contributed by atoms with van der Waals surface area (Å²) in [6.07, 6.45) is 25.1. The number of aliphatic hydroxyl groups excluding tert-OH is 3. The zero-order valence-electron chi connectivity index (χ0n) is 30.6. The number of rotatable bonds is 37. The number of hydrogen-bond donors (Lipinski definition) is 4. The van der Waals surface area contributed by atoms with Crippen molar-refractivity contribution in [3.8, 4) is 0 Å². The Morgan fingerprint density at radius 3 is 1.58 bits per heavy atom. The number of hydrogen-bond acceptors (Lipinski definition) is 7. The highest BCUT2D eigenvalue weighted by Gasteiger charge is 2.20. The molecule has 0 aromatic rings. The normalized spacial score (nSPS) is 14.7. The van der Waals surface area contributed by atoms with E-state index in [-0.39, 0.29) is 24.2 Å². The number of ether oxygens (including phenoxy) is 2. The molecule has 0 aliphatic carbocycles. The van der Waals surface area contributed by atoms with Gasteiger partial charge in [0.15, 0.2) is 0 Å². The topological polar surface area (TPSA) is 94.4 Å². The van der Waals surface area contributed by atoms with Gasteiger partial charge in [-0.2, -0.15) is 0 Å². The summed E-state index contributed by atoms with van der Waals surface area (Å²) in [5.41, 5.74) is 0. The van der Waals surface area contributed by atoms with Crippen LogP contribution in [0.4, 0.5) is 0 Å². The number of nitrogens with zero attached hydrogens (tertiary/aromatic N) is 1. The van der Waals surface area contributed by atoms with E-state index in [2.05, 4.69) is 31.0 Å². The van der Waals surface area contributed by atoms with Gasteiger partial charge in [-0.05, 0) is 25.2 Å². The molecule has 0 aliphatic rings. The Labute approximate surface area is 280 Å². The third-order valence-electron chi connectivity index (χ3n) is 9.17. The van der Waals surface area contributed by atoms with Crippen molar-refractivity contribution < 1.29 is 24.8 Å². The van der Waals surface area contributed by atoms with Crippen molar-refractivity contribution in [3.63, 3.8) is 0 Å². The second-order valence-electron chi connectivity index (χ2n) is 13.7. The molecule has 4 unspecified atom stereocenters. The van der Waals surface area contributed by atoms with Crippen LogP contribution in [0.2, 0.25) is 0 Å². The highest BCUT2D eigenvalue weighted by molar-refractivity contribution is 4.73. The Bertz CT molecular complexity index is 570. The summed E-state index contributed by atoms with van der Waals surface area (Å²) in [4.78, 5) is 2.21. The van der Waals surface area contributed by atoms with Crippen LogP contribution in [0.15, 0.2) is 0 Å². The molecule has 7 nitrogen and oxygen atoms in total. The fourth-order valence-electron chi connectivity index (χ4n) is 5.82. The summed E-state index contributed by atoms with van der Waals surface area (Å²) in [6.45, 7) is 14.1. The van der Waals surface area contributed by atoms with Gasteiger partial charge in [-0.25, -0.2) is 0 Å². The molecule has 272 valence electrons. The van der Waals surface area contributed by atoms with Crippen molar-refractivity contribution in [1.29, 1.82) is 0 Å². The van der Waals surface area contributed by atoms with Gasteiger partial charge in [0.25, 0.3) is 0 Å². The second-order valence-corrected chi connectivity index (χ2v) is 13.7. The maximum Gasteiger partial charge on any atom is 0.0701 e. The first-order valence-corrected chi connectivity index (χ1v) is 19.6. The minimum absolute atomic E-state index is 0.257. The van der Waals surface area contributed by atoms with Crippen LogP contribution in [-0.2, 0) is 9.47 Å². The summed E-state index contributed by atoms with van der Waals surface area (Å²) >= 11 is 0. The van der Waals surface area contributed by atoms with Crippen molar-refractivity contribution in [2.75, 3.05) is 59.2 Å². The summed E-state index contributed by atoms with van der Waals surface area (Å²) in [5.74, 6) is 0.257. The molecule has 0 spiro atoms. The van der Waals surface area contributed by atoms with E-state index in [1.54, 1.807) is 0 Å². The summed E-state index contributed by atoms with van der Waals surface area (Å²) in [6, 6.07) is 0. The number of unbranched alkanes of at least 4 members (excludes halogenated alkanes) is 16. The van der Waals surface area contributed by atoms with Crippen LogP contribution >= 0.6 is 0 Å². The van der Waals surface area contributed by atoms with Crippen molar-refractivity contribution >= 4 is 0 Å². The molecular weight excluding hydrogens is 564 g/mol. The molecule has 7 heteroatoms. The van der Waals surface area contributed by atoms with Crippen molar-refractivity contribution in [2.45, 2.75) is 181 Å². The molecule has 45 heavy (non-hydrogen) atoms. The van der Waals surface area contributed by atoms with Gasteiger partial charge in [0.1, 0.15) is 0 Å². The van der Waals surface area contributed by atoms with E-state index in [1.165, 1.54) is 109 Å². The third-order valence-corrected chi connectivity index (χ3v) is 9.17. The van der Waals surface area contributed by atoms with Crippen LogP contribution < -0.4 is 5.32 Å². The molecule has 0 amide bonds. The van der Waals surface area contributed by atoms with Crippen LogP contribution in [0.3, 0.4) is 0 Å². The average molecular weight is 645 g/mol. The Hall–Kier alpha value is -0.280. The molecule has 0 aromatic carbocycles. The second kappa shape index (κ2) is 35.0. The van der Waals surface area contributed by atoms with Crippen molar-refractivity contribution in [2.24, 2.45) is 5.92 Å². The highest BCUT2D eigenvalue weighted by Crippen LogP contribution is 2.17. The third kappa shape index (κ3) is 32.1. The quantitative estimate of drug-likeness (QED) is 0.0511. The van der Waals surface area contributed by atoms with Crippen LogP contribution in [0.1, 0.15) is 163 Å². The van der Waals surface area contributed by atoms with Gasteiger partial charge in [0.05, 0.1) is 44.7 Å². The summed E-state index contributed by atoms with van der Waals surface area (Å²) in [7, 11) is 0. The molecule has 0 aromatic heterocycles. The van der Waals surface area contributed by atoms with Gasteiger partial charge in [0.2, 0.25) is 0 Å². The van der Waals surface area contributed by atoms with Gasteiger partial charge >= 0.3 is 0 Å². The molecule has 4 N–H and O–H groups in total. The standard InChI is InChI=1S/C38H80N2O5/c1-5-8-10-12-14-16-17-19-21-23-25-37(42)33-40(27-29-45-31-30-44-28-26-39-32-36(41)7-3)34-38(43)35(4)24-22-20-18-15-13-11-9-6-2/h35-39,41-43H,5-34H2,1-4H3. The van der Waals surface area contributed by atoms with E-state index < -0.39 is 0 Å². The average Bonchev–Trinajstić information content (AvgIpc) is 3.03. The Morgan fingerprint density at radius 2 is 1.04 bits per heavy atom. The van der Waals surface area contributed by atoms with Crippen LogP contribution in [0, 0.1) is 5.92 Å².